The Morgan fingerprint density at radius 1 is 1.27 bits per heavy atom. The Morgan fingerprint density at radius 3 is 2.73 bits per heavy atom. The van der Waals surface area contributed by atoms with E-state index in [9.17, 15) is 18.0 Å². The normalized spacial score (nSPS) is 17.0. The predicted molar refractivity (Wildman–Crippen MR) is 100 cm³/mol. The molecule has 1 unspecified atom stereocenters. The second kappa shape index (κ2) is 7.54. The zero-order valence-corrected chi connectivity index (χ0v) is 16.3. The summed E-state index contributed by atoms with van der Waals surface area (Å²) in [6.45, 7) is 2.91. The molecule has 8 nitrogen and oxygen atoms in total. The first-order valence-electron chi connectivity index (χ1n) is 9.43. The summed E-state index contributed by atoms with van der Waals surface area (Å²) < 4.78 is 46.0. The van der Waals surface area contributed by atoms with Crippen molar-refractivity contribution in [3.63, 3.8) is 0 Å². The van der Waals surface area contributed by atoms with Crippen LogP contribution in [-0.2, 0) is 18.0 Å². The molecule has 1 aliphatic rings. The van der Waals surface area contributed by atoms with Gasteiger partial charge in [-0.3, -0.25) is 9.78 Å². The summed E-state index contributed by atoms with van der Waals surface area (Å²) in [6, 6.07) is 2.23. The van der Waals surface area contributed by atoms with Crippen LogP contribution in [0.1, 0.15) is 25.5 Å². The van der Waals surface area contributed by atoms with Gasteiger partial charge in [0, 0.05) is 38.2 Å². The summed E-state index contributed by atoms with van der Waals surface area (Å²) >= 11 is 0. The minimum Gasteiger partial charge on any atom is -0.471 e. The van der Waals surface area contributed by atoms with Gasteiger partial charge in [0.1, 0.15) is 23.9 Å². The SMILES string of the molecule is CCC(=O)N1CCC(Oc2ncnc3c2nc(-c2ccc(C(F)(F)F)nc2)n3C)C1. The monoisotopic (exact) mass is 420 g/mol. The number of carbonyl (C=O) groups is 1. The van der Waals surface area contributed by atoms with Gasteiger partial charge in [-0.15, -0.1) is 0 Å². The minimum absolute atomic E-state index is 0.0730. The van der Waals surface area contributed by atoms with Gasteiger partial charge in [-0.05, 0) is 12.1 Å². The molecule has 30 heavy (non-hydrogen) atoms. The number of rotatable bonds is 4. The largest absolute Gasteiger partial charge is 0.471 e. The van der Waals surface area contributed by atoms with Crippen molar-refractivity contribution in [2.24, 2.45) is 7.05 Å². The number of nitrogens with zero attached hydrogens (tertiary/aromatic N) is 6. The van der Waals surface area contributed by atoms with E-state index in [2.05, 4.69) is 19.9 Å². The van der Waals surface area contributed by atoms with E-state index in [4.69, 9.17) is 4.74 Å². The fourth-order valence-electron chi connectivity index (χ4n) is 3.45. The highest BCUT2D eigenvalue weighted by molar-refractivity contribution is 5.81. The molecule has 0 aromatic carbocycles. The molecule has 0 spiro atoms. The van der Waals surface area contributed by atoms with Crippen LogP contribution in [0, 0.1) is 0 Å². The molecule has 0 saturated carbocycles. The Morgan fingerprint density at radius 2 is 2.07 bits per heavy atom. The molecular weight excluding hydrogens is 401 g/mol. The highest BCUT2D eigenvalue weighted by Crippen LogP contribution is 2.31. The van der Waals surface area contributed by atoms with Crippen LogP contribution >= 0.6 is 0 Å². The van der Waals surface area contributed by atoms with Crippen LogP contribution in [-0.4, -0.2) is 54.5 Å². The third-order valence-corrected chi connectivity index (χ3v) is 5.01. The summed E-state index contributed by atoms with van der Waals surface area (Å²) in [5, 5.41) is 0. The van der Waals surface area contributed by atoms with Crippen molar-refractivity contribution < 1.29 is 22.7 Å². The number of halogens is 3. The molecule has 1 amide bonds. The van der Waals surface area contributed by atoms with Crippen LogP contribution in [0.5, 0.6) is 5.88 Å². The minimum atomic E-state index is -4.51. The van der Waals surface area contributed by atoms with Gasteiger partial charge in [-0.2, -0.15) is 18.2 Å². The van der Waals surface area contributed by atoms with Gasteiger partial charge in [0.2, 0.25) is 11.8 Å². The van der Waals surface area contributed by atoms with Gasteiger partial charge in [-0.25, -0.2) is 9.97 Å². The number of hydrogen-bond donors (Lipinski definition) is 0. The highest BCUT2D eigenvalue weighted by atomic mass is 19.4. The Kier molecular flexibility index (Phi) is 5.04. The zero-order chi connectivity index (χ0) is 21.5. The van der Waals surface area contributed by atoms with Crippen LogP contribution in [0.4, 0.5) is 13.2 Å². The maximum atomic E-state index is 12.8. The second-order valence-electron chi connectivity index (χ2n) is 7.00. The maximum absolute atomic E-state index is 12.8. The van der Waals surface area contributed by atoms with Crippen LogP contribution in [0.3, 0.4) is 0 Å². The number of aryl methyl sites for hydroxylation is 1. The molecule has 0 N–H and O–H groups in total. The molecule has 3 aromatic rings. The second-order valence-corrected chi connectivity index (χ2v) is 7.00. The van der Waals surface area contributed by atoms with E-state index in [1.54, 1.807) is 16.5 Å². The van der Waals surface area contributed by atoms with E-state index in [1.807, 2.05) is 6.92 Å². The Hall–Kier alpha value is -3.24. The van der Waals surface area contributed by atoms with E-state index in [0.29, 0.717) is 48.5 Å². The predicted octanol–water partition coefficient (Wildman–Crippen LogP) is 2.83. The van der Waals surface area contributed by atoms with Gasteiger partial charge in [0.05, 0.1) is 6.54 Å². The molecule has 1 atom stereocenters. The van der Waals surface area contributed by atoms with Crippen molar-refractivity contribution in [3.8, 4) is 17.3 Å². The number of alkyl halides is 3. The molecule has 4 rings (SSSR count). The number of carbonyl (C=O) groups excluding carboxylic acids is 1. The molecule has 1 saturated heterocycles. The first-order chi connectivity index (χ1) is 14.3. The quantitative estimate of drug-likeness (QED) is 0.645. The molecule has 4 heterocycles. The van der Waals surface area contributed by atoms with Crippen molar-refractivity contribution in [3.05, 3.63) is 30.4 Å². The van der Waals surface area contributed by atoms with E-state index < -0.39 is 11.9 Å². The fraction of sp³-hybridized carbons (Fsp3) is 0.421. The lowest BCUT2D eigenvalue weighted by molar-refractivity contribution is -0.141. The molecular formula is C19H19F3N6O2. The molecule has 3 aromatic heterocycles. The molecule has 11 heteroatoms. The topological polar surface area (TPSA) is 86.0 Å². The van der Waals surface area contributed by atoms with Gasteiger partial charge in [0.15, 0.2) is 11.2 Å². The van der Waals surface area contributed by atoms with E-state index in [0.717, 1.165) is 12.3 Å². The van der Waals surface area contributed by atoms with Crippen molar-refractivity contribution in [2.45, 2.75) is 32.0 Å². The average molecular weight is 420 g/mol. The van der Waals surface area contributed by atoms with Crippen LogP contribution < -0.4 is 4.74 Å². The zero-order valence-electron chi connectivity index (χ0n) is 16.3. The lowest BCUT2D eigenvalue weighted by atomic mass is 10.2. The van der Waals surface area contributed by atoms with E-state index >= 15 is 0 Å². The molecule has 0 radical (unpaired) electrons. The first-order valence-corrected chi connectivity index (χ1v) is 9.43. The van der Waals surface area contributed by atoms with Gasteiger partial charge < -0.3 is 14.2 Å². The average Bonchev–Trinajstić information content (AvgIpc) is 3.32. The van der Waals surface area contributed by atoms with Crippen molar-refractivity contribution in [1.82, 2.24) is 29.4 Å². The summed E-state index contributed by atoms with van der Waals surface area (Å²) in [6.07, 6.45) is -1.13. The smallest absolute Gasteiger partial charge is 0.433 e. The Labute approximate surface area is 169 Å². The third-order valence-electron chi connectivity index (χ3n) is 5.01. The number of ether oxygens (including phenoxy) is 1. The van der Waals surface area contributed by atoms with Crippen LogP contribution in [0.15, 0.2) is 24.7 Å². The van der Waals surface area contributed by atoms with E-state index in [1.165, 1.54) is 12.4 Å². The van der Waals surface area contributed by atoms with Crippen LogP contribution in [0.25, 0.3) is 22.6 Å². The lowest BCUT2D eigenvalue weighted by Crippen LogP contribution is -2.30. The number of imidazole rings is 1. The summed E-state index contributed by atoms with van der Waals surface area (Å²) in [4.78, 5) is 30.0. The van der Waals surface area contributed by atoms with Crippen LogP contribution in [0.2, 0.25) is 0 Å². The Bertz CT molecular complexity index is 1080. The van der Waals surface area contributed by atoms with Gasteiger partial charge in [0.25, 0.3) is 0 Å². The number of hydrogen-bond acceptors (Lipinski definition) is 6. The number of likely N-dealkylation sites (tertiary alicyclic amines) is 1. The van der Waals surface area contributed by atoms with E-state index in [-0.39, 0.29) is 17.9 Å². The number of amides is 1. The van der Waals surface area contributed by atoms with Crippen molar-refractivity contribution in [1.29, 1.82) is 0 Å². The molecule has 0 bridgehead atoms. The first kappa shape index (κ1) is 20.0. The summed E-state index contributed by atoms with van der Waals surface area (Å²) in [7, 11) is 1.70. The molecule has 0 aliphatic carbocycles. The lowest BCUT2D eigenvalue weighted by Gasteiger charge is -2.16. The van der Waals surface area contributed by atoms with Gasteiger partial charge in [-0.1, -0.05) is 6.92 Å². The van der Waals surface area contributed by atoms with Gasteiger partial charge >= 0.3 is 6.18 Å². The fourth-order valence-corrected chi connectivity index (χ4v) is 3.45. The number of fused-ring (bicyclic) bond motifs is 1. The third kappa shape index (κ3) is 3.66. The summed E-state index contributed by atoms with van der Waals surface area (Å²) in [5.41, 5.74) is 0.320. The Balaban J connectivity index is 1.62. The standard InChI is InChI=1S/C19H19F3N6O2/c1-3-14(29)28-7-6-12(9-28)30-18-15-17(24-10-25-18)27(2)16(26-15)11-4-5-13(23-8-11)19(20,21)22/h4-5,8,10,12H,3,6-7,9H2,1-2H3. The molecule has 1 fully saturated rings. The molecule has 1 aliphatic heterocycles. The van der Waals surface area contributed by atoms with Crippen molar-refractivity contribution in [2.75, 3.05) is 13.1 Å². The number of aromatic nitrogens is 5. The maximum Gasteiger partial charge on any atom is 0.433 e. The van der Waals surface area contributed by atoms with Crippen molar-refractivity contribution >= 4 is 17.1 Å². The highest BCUT2D eigenvalue weighted by Gasteiger charge is 2.32. The summed E-state index contributed by atoms with van der Waals surface area (Å²) in [5.74, 6) is 0.743. The molecule has 158 valence electrons. The number of pyridine rings is 1.